The van der Waals surface area contributed by atoms with Gasteiger partial charge in [0, 0.05) is 17.8 Å². The summed E-state index contributed by atoms with van der Waals surface area (Å²) in [5, 5.41) is 13.3. The molecule has 1 rings (SSSR count). The third-order valence-electron chi connectivity index (χ3n) is 2.12. The van der Waals surface area contributed by atoms with Crippen LogP contribution in [-0.2, 0) is 6.42 Å². The van der Waals surface area contributed by atoms with Crippen molar-refractivity contribution in [2.24, 2.45) is 0 Å². The third-order valence-corrected chi connectivity index (χ3v) is 3.35. The van der Waals surface area contributed by atoms with Gasteiger partial charge in [0.1, 0.15) is 0 Å². The molecule has 0 aliphatic heterocycles. The van der Waals surface area contributed by atoms with Gasteiger partial charge in [-0.05, 0) is 32.0 Å². The molecule has 0 aliphatic rings. The van der Waals surface area contributed by atoms with Crippen molar-refractivity contribution in [3.8, 4) is 0 Å². The van der Waals surface area contributed by atoms with Crippen molar-refractivity contribution in [1.29, 1.82) is 0 Å². The normalized spacial score (nSPS) is 15.2. The molecule has 4 heteroatoms. The second kappa shape index (κ2) is 5.85. The SMILES string of the molecule is CCCNCC(C)(O)Cc1ccc(Cl)s1. The highest BCUT2D eigenvalue weighted by Gasteiger charge is 2.21. The quantitative estimate of drug-likeness (QED) is 0.758. The highest BCUT2D eigenvalue weighted by atomic mass is 35.5. The van der Waals surface area contributed by atoms with E-state index in [9.17, 15) is 5.11 Å². The minimum Gasteiger partial charge on any atom is -0.388 e. The molecule has 0 saturated heterocycles. The zero-order valence-electron chi connectivity index (χ0n) is 9.22. The zero-order valence-corrected chi connectivity index (χ0v) is 10.8. The molecule has 0 fully saturated rings. The summed E-state index contributed by atoms with van der Waals surface area (Å²) in [6, 6.07) is 3.85. The average molecular weight is 248 g/mol. The van der Waals surface area contributed by atoms with Crippen molar-refractivity contribution in [3.63, 3.8) is 0 Å². The van der Waals surface area contributed by atoms with Gasteiger partial charge in [-0.25, -0.2) is 0 Å². The first kappa shape index (κ1) is 13.0. The van der Waals surface area contributed by atoms with Gasteiger partial charge in [0.15, 0.2) is 0 Å². The van der Waals surface area contributed by atoms with Gasteiger partial charge in [0.2, 0.25) is 0 Å². The first-order valence-corrected chi connectivity index (χ1v) is 6.40. The minimum atomic E-state index is -0.691. The molecule has 15 heavy (non-hydrogen) atoms. The maximum absolute atomic E-state index is 10.1. The van der Waals surface area contributed by atoms with Crippen LogP contribution in [0.3, 0.4) is 0 Å². The van der Waals surface area contributed by atoms with Gasteiger partial charge < -0.3 is 10.4 Å². The van der Waals surface area contributed by atoms with Crippen LogP contribution in [0.4, 0.5) is 0 Å². The van der Waals surface area contributed by atoms with E-state index in [1.165, 1.54) is 11.3 Å². The number of thiophene rings is 1. The van der Waals surface area contributed by atoms with E-state index >= 15 is 0 Å². The summed E-state index contributed by atoms with van der Waals surface area (Å²) in [6.07, 6.45) is 1.74. The molecule has 0 amide bonds. The minimum absolute atomic E-state index is 0.621. The molecule has 0 spiro atoms. The van der Waals surface area contributed by atoms with Crippen molar-refractivity contribution in [1.82, 2.24) is 5.32 Å². The Morgan fingerprint density at radius 2 is 2.27 bits per heavy atom. The summed E-state index contributed by atoms with van der Waals surface area (Å²) in [5.41, 5.74) is -0.691. The monoisotopic (exact) mass is 247 g/mol. The third kappa shape index (κ3) is 4.98. The average Bonchev–Trinajstić information content (AvgIpc) is 2.50. The summed E-state index contributed by atoms with van der Waals surface area (Å²) >= 11 is 7.37. The molecule has 2 nitrogen and oxygen atoms in total. The Labute approximate surface area is 100 Å². The molecule has 0 aliphatic carbocycles. The van der Waals surface area contributed by atoms with Crippen molar-refractivity contribution >= 4 is 22.9 Å². The van der Waals surface area contributed by atoms with Crippen LogP contribution in [0, 0.1) is 0 Å². The Kier molecular flexibility index (Phi) is 5.06. The topological polar surface area (TPSA) is 32.3 Å². The molecule has 1 unspecified atom stereocenters. The lowest BCUT2D eigenvalue weighted by molar-refractivity contribution is 0.0612. The molecule has 1 atom stereocenters. The van der Waals surface area contributed by atoms with Gasteiger partial charge in [0.05, 0.1) is 9.94 Å². The predicted octanol–water partition coefficient (Wildman–Crippen LogP) is 2.69. The molecule has 0 radical (unpaired) electrons. The fraction of sp³-hybridized carbons (Fsp3) is 0.636. The Morgan fingerprint density at radius 1 is 1.53 bits per heavy atom. The van der Waals surface area contributed by atoms with Crippen LogP contribution in [0.15, 0.2) is 12.1 Å². The van der Waals surface area contributed by atoms with Gasteiger partial charge in [0.25, 0.3) is 0 Å². The van der Waals surface area contributed by atoms with Gasteiger partial charge >= 0.3 is 0 Å². The molecule has 2 N–H and O–H groups in total. The molecule has 0 aromatic carbocycles. The number of halogens is 1. The molecule has 1 heterocycles. The molecular formula is C11H18ClNOS. The Balaban J connectivity index is 2.41. The maximum Gasteiger partial charge on any atom is 0.0931 e. The summed E-state index contributed by atoms with van der Waals surface area (Å²) in [7, 11) is 0. The van der Waals surface area contributed by atoms with Gasteiger partial charge in [-0.1, -0.05) is 18.5 Å². The lowest BCUT2D eigenvalue weighted by Crippen LogP contribution is -2.39. The summed E-state index contributed by atoms with van der Waals surface area (Å²) in [4.78, 5) is 1.13. The lowest BCUT2D eigenvalue weighted by atomic mass is 10.0. The fourth-order valence-corrected chi connectivity index (χ4v) is 2.69. The first-order valence-electron chi connectivity index (χ1n) is 5.21. The highest BCUT2D eigenvalue weighted by Crippen LogP contribution is 2.24. The van der Waals surface area contributed by atoms with Crippen LogP contribution >= 0.6 is 22.9 Å². The molecule has 1 aromatic rings. The fourth-order valence-electron chi connectivity index (χ4n) is 1.42. The lowest BCUT2D eigenvalue weighted by Gasteiger charge is -2.22. The number of hydrogen-bond donors (Lipinski definition) is 2. The summed E-state index contributed by atoms with van der Waals surface area (Å²) in [6.45, 7) is 5.53. The predicted molar refractivity (Wildman–Crippen MR) is 66.8 cm³/mol. The number of hydrogen-bond acceptors (Lipinski definition) is 3. The van der Waals surface area contributed by atoms with E-state index in [1.807, 2.05) is 19.1 Å². The second-order valence-electron chi connectivity index (χ2n) is 4.06. The summed E-state index contributed by atoms with van der Waals surface area (Å²) < 4.78 is 0.780. The number of rotatable bonds is 6. The Hall–Kier alpha value is -0.0900. The molecule has 86 valence electrons. The van der Waals surface area contributed by atoms with Crippen LogP contribution < -0.4 is 5.32 Å². The van der Waals surface area contributed by atoms with Crippen molar-refractivity contribution in [3.05, 3.63) is 21.3 Å². The standard InChI is InChI=1S/C11H18ClNOS/c1-3-6-13-8-11(2,14)7-9-4-5-10(12)15-9/h4-5,13-14H,3,6-8H2,1-2H3. The second-order valence-corrected chi connectivity index (χ2v) is 5.86. The van der Waals surface area contributed by atoms with E-state index in [-0.39, 0.29) is 0 Å². The van der Waals surface area contributed by atoms with E-state index in [0.717, 1.165) is 22.2 Å². The highest BCUT2D eigenvalue weighted by molar-refractivity contribution is 7.16. The molecular weight excluding hydrogens is 230 g/mol. The van der Waals surface area contributed by atoms with Gasteiger partial charge in [-0.3, -0.25) is 0 Å². The van der Waals surface area contributed by atoms with Crippen LogP contribution in [0.5, 0.6) is 0 Å². The summed E-state index contributed by atoms with van der Waals surface area (Å²) in [5.74, 6) is 0. The zero-order chi connectivity index (χ0) is 11.3. The van der Waals surface area contributed by atoms with Crippen molar-refractivity contribution < 1.29 is 5.11 Å². The van der Waals surface area contributed by atoms with Gasteiger partial charge in [-0.2, -0.15) is 0 Å². The Morgan fingerprint density at radius 3 is 2.80 bits per heavy atom. The van der Waals surface area contributed by atoms with Crippen molar-refractivity contribution in [2.75, 3.05) is 13.1 Å². The maximum atomic E-state index is 10.1. The van der Waals surface area contributed by atoms with Crippen LogP contribution in [0.1, 0.15) is 25.1 Å². The van der Waals surface area contributed by atoms with Crippen LogP contribution in [-0.4, -0.2) is 23.8 Å². The smallest absolute Gasteiger partial charge is 0.0931 e. The molecule has 1 aromatic heterocycles. The number of nitrogens with one attached hydrogen (secondary N) is 1. The molecule has 0 bridgehead atoms. The van der Waals surface area contributed by atoms with Crippen LogP contribution in [0.2, 0.25) is 4.34 Å². The van der Waals surface area contributed by atoms with E-state index in [0.29, 0.717) is 13.0 Å². The Bertz CT molecular complexity index is 299. The van der Waals surface area contributed by atoms with Crippen molar-refractivity contribution in [2.45, 2.75) is 32.3 Å². The molecule has 0 saturated carbocycles. The van der Waals surface area contributed by atoms with Crippen LogP contribution in [0.25, 0.3) is 0 Å². The van der Waals surface area contributed by atoms with E-state index in [2.05, 4.69) is 12.2 Å². The van der Waals surface area contributed by atoms with Gasteiger partial charge in [-0.15, -0.1) is 11.3 Å². The van der Waals surface area contributed by atoms with E-state index in [1.54, 1.807) is 0 Å². The van der Waals surface area contributed by atoms with E-state index in [4.69, 9.17) is 11.6 Å². The van der Waals surface area contributed by atoms with E-state index < -0.39 is 5.60 Å². The first-order chi connectivity index (χ1) is 7.03. The number of aliphatic hydroxyl groups is 1. The largest absolute Gasteiger partial charge is 0.388 e.